The van der Waals surface area contributed by atoms with Crippen LogP contribution in [0.4, 0.5) is 10.1 Å². The van der Waals surface area contributed by atoms with Gasteiger partial charge >= 0.3 is 0 Å². The van der Waals surface area contributed by atoms with Crippen molar-refractivity contribution in [3.8, 4) is 6.07 Å². The molecule has 1 aromatic carbocycles. The minimum Gasteiger partial charge on any atom is -0.370 e. The predicted molar refractivity (Wildman–Crippen MR) is 65.4 cm³/mol. The molecule has 1 atom stereocenters. The molecule has 2 rings (SSSR count). The standard InChI is InChI=1S/C13H16FN3/c1-16(2)12-3-4-17(9-12)13-6-10(8-15)5-11(14)7-13/h5-7,12H,3-4,9H2,1-2H3. The van der Waals surface area contributed by atoms with Crippen molar-refractivity contribution < 1.29 is 4.39 Å². The van der Waals surface area contributed by atoms with Crippen molar-refractivity contribution in [2.75, 3.05) is 32.1 Å². The highest BCUT2D eigenvalue weighted by Crippen LogP contribution is 2.24. The van der Waals surface area contributed by atoms with Crippen molar-refractivity contribution in [3.63, 3.8) is 0 Å². The monoisotopic (exact) mass is 233 g/mol. The summed E-state index contributed by atoms with van der Waals surface area (Å²) in [6.07, 6.45) is 1.07. The van der Waals surface area contributed by atoms with E-state index in [4.69, 9.17) is 5.26 Å². The Hall–Kier alpha value is -1.60. The Balaban J connectivity index is 2.19. The van der Waals surface area contributed by atoms with E-state index in [1.165, 1.54) is 12.1 Å². The Labute approximate surface area is 101 Å². The van der Waals surface area contributed by atoms with E-state index in [0.29, 0.717) is 11.6 Å². The molecule has 17 heavy (non-hydrogen) atoms. The molecule has 1 aromatic rings. The summed E-state index contributed by atoms with van der Waals surface area (Å²) in [6.45, 7) is 1.80. The highest BCUT2D eigenvalue weighted by Gasteiger charge is 2.24. The molecule has 1 saturated heterocycles. The van der Waals surface area contributed by atoms with Crippen LogP contribution in [0.5, 0.6) is 0 Å². The topological polar surface area (TPSA) is 30.3 Å². The Bertz CT molecular complexity index is 450. The van der Waals surface area contributed by atoms with Crippen LogP contribution in [-0.2, 0) is 0 Å². The molecular weight excluding hydrogens is 217 g/mol. The third-order valence-corrected chi connectivity index (χ3v) is 3.27. The Kier molecular flexibility index (Phi) is 3.30. The second kappa shape index (κ2) is 4.72. The van der Waals surface area contributed by atoms with Crippen molar-refractivity contribution >= 4 is 5.69 Å². The van der Waals surface area contributed by atoms with E-state index in [-0.39, 0.29) is 5.82 Å². The first-order valence-corrected chi connectivity index (χ1v) is 5.72. The van der Waals surface area contributed by atoms with Gasteiger partial charge < -0.3 is 9.80 Å². The second-order valence-electron chi connectivity index (χ2n) is 4.66. The lowest BCUT2D eigenvalue weighted by molar-refractivity contribution is 0.315. The summed E-state index contributed by atoms with van der Waals surface area (Å²) in [5.41, 5.74) is 1.19. The normalized spacial score (nSPS) is 19.7. The number of nitrogens with zero attached hydrogens (tertiary/aromatic N) is 3. The lowest BCUT2D eigenvalue weighted by Gasteiger charge is -2.22. The molecule has 0 spiro atoms. The largest absolute Gasteiger partial charge is 0.370 e. The highest BCUT2D eigenvalue weighted by atomic mass is 19.1. The van der Waals surface area contributed by atoms with Crippen LogP contribution >= 0.6 is 0 Å². The second-order valence-corrected chi connectivity index (χ2v) is 4.66. The summed E-state index contributed by atoms with van der Waals surface area (Å²) in [4.78, 5) is 4.32. The first kappa shape index (κ1) is 11.9. The third kappa shape index (κ3) is 2.56. The predicted octanol–water partition coefficient (Wildman–Crippen LogP) is 1.84. The van der Waals surface area contributed by atoms with Crippen LogP contribution in [0, 0.1) is 17.1 Å². The quantitative estimate of drug-likeness (QED) is 0.780. The summed E-state index contributed by atoms with van der Waals surface area (Å²) in [5, 5.41) is 8.83. The number of nitriles is 1. The zero-order chi connectivity index (χ0) is 12.4. The van der Waals surface area contributed by atoms with Gasteiger partial charge in [0.25, 0.3) is 0 Å². The molecule has 1 fully saturated rings. The first-order valence-electron chi connectivity index (χ1n) is 5.72. The van der Waals surface area contributed by atoms with Crippen molar-refractivity contribution in [1.29, 1.82) is 5.26 Å². The zero-order valence-electron chi connectivity index (χ0n) is 10.2. The maximum Gasteiger partial charge on any atom is 0.126 e. The maximum atomic E-state index is 13.3. The van der Waals surface area contributed by atoms with Crippen LogP contribution in [0.15, 0.2) is 18.2 Å². The average Bonchev–Trinajstić information content (AvgIpc) is 2.77. The van der Waals surface area contributed by atoms with Gasteiger partial charge in [-0.3, -0.25) is 0 Å². The summed E-state index contributed by atoms with van der Waals surface area (Å²) in [7, 11) is 4.11. The number of anilines is 1. The number of hydrogen-bond donors (Lipinski definition) is 0. The molecule has 0 amide bonds. The molecule has 0 bridgehead atoms. The Morgan fingerprint density at radius 1 is 1.41 bits per heavy atom. The van der Waals surface area contributed by atoms with Crippen molar-refractivity contribution in [2.45, 2.75) is 12.5 Å². The number of halogens is 1. The van der Waals surface area contributed by atoms with Crippen LogP contribution < -0.4 is 4.90 Å². The molecule has 1 heterocycles. The van der Waals surface area contributed by atoms with Gasteiger partial charge in [0.15, 0.2) is 0 Å². The smallest absolute Gasteiger partial charge is 0.126 e. The van der Waals surface area contributed by atoms with E-state index < -0.39 is 0 Å². The molecule has 0 N–H and O–H groups in total. The maximum absolute atomic E-state index is 13.3. The molecule has 90 valence electrons. The molecule has 4 heteroatoms. The summed E-state index contributed by atoms with van der Waals surface area (Å²) in [5.74, 6) is -0.340. The van der Waals surface area contributed by atoms with Crippen LogP contribution in [0.2, 0.25) is 0 Å². The van der Waals surface area contributed by atoms with Crippen molar-refractivity contribution in [3.05, 3.63) is 29.6 Å². The van der Waals surface area contributed by atoms with Gasteiger partial charge in [-0.15, -0.1) is 0 Å². The van der Waals surface area contributed by atoms with Gasteiger partial charge in [0.1, 0.15) is 5.82 Å². The molecule has 1 aliphatic heterocycles. The molecule has 0 saturated carbocycles. The van der Waals surface area contributed by atoms with Crippen molar-refractivity contribution in [1.82, 2.24) is 4.90 Å². The lowest BCUT2D eigenvalue weighted by Crippen LogP contribution is -2.31. The van der Waals surface area contributed by atoms with E-state index in [1.807, 2.05) is 6.07 Å². The van der Waals surface area contributed by atoms with Gasteiger partial charge in [-0.25, -0.2) is 4.39 Å². The summed E-state index contributed by atoms with van der Waals surface area (Å²) >= 11 is 0. The number of rotatable bonds is 2. The van der Waals surface area contributed by atoms with Gasteiger partial charge in [0, 0.05) is 24.8 Å². The zero-order valence-corrected chi connectivity index (χ0v) is 10.2. The van der Waals surface area contributed by atoms with Gasteiger partial charge in [-0.1, -0.05) is 0 Å². The Morgan fingerprint density at radius 3 is 2.76 bits per heavy atom. The molecule has 0 radical (unpaired) electrons. The van der Waals surface area contributed by atoms with Crippen LogP contribution in [0.25, 0.3) is 0 Å². The molecule has 0 aliphatic carbocycles. The van der Waals surface area contributed by atoms with E-state index in [9.17, 15) is 4.39 Å². The van der Waals surface area contributed by atoms with E-state index in [2.05, 4.69) is 23.9 Å². The van der Waals surface area contributed by atoms with Crippen molar-refractivity contribution in [2.24, 2.45) is 0 Å². The molecule has 1 aliphatic rings. The van der Waals surface area contributed by atoms with Gasteiger partial charge in [-0.05, 0) is 38.7 Å². The van der Waals surface area contributed by atoms with Gasteiger partial charge in [0.05, 0.1) is 11.6 Å². The molecular formula is C13H16FN3. The SMILES string of the molecule is CN(C)C1CCN(c2cc(F)cc(C#N)c2)C1. The first-order chi connectivity index (χ1) is 8.10. The van der Waals surface area contributed by atoms with E-state index in [0.717, 1.165) is 25.2 Å². The fourth-order valence-electron chi connectivity index (χ4n) is 2.22. The van der Waals surface area contributed by atoms with Crippen LogP contribution in [0.1, 0.15) is 12.0 Å². The highest BCUT2D eigenvalue weighted by molar-refractivity contribution is 5.52. The molecule has 3 nitrogen and oxygen atoms in total. The molecule has 0 aromatic heterocycles. The molecule has 1 unspecified atom stereocenters. The fourth-order valence-corrected chi connectivity index (χ4v) is 2.22. The summed E-state index contributed by atoms with van der Waals surface area (Å²) < 4.78 is 13.3. The van der Waals surface area contributed by atoms with Gasteiger partial charge in [-0.2, -0.15) is 5.26 Å². The number of likely N-dealkylation sites (N-methyl/N-ethyl adjacent to an activating group) is 1. The van der Waals surface area contributed by atoms with E-state index >= 15 is 0 Å². The number of hydrogen-bond acceptors (Lipinski definition) is 3. The summed E-state index contributed by atoms with van der Waals surface area (Å²) in [6, 6.07) is 7.01. The van der Waals surface area contributed by atoms with E-state index in [1.54, 1.807) is 6.07 Å². The third-order valence-electron chi connectivity index (χ3n) is 3.27. The lowest BCUT2D eigenvalue weighted by atomic mass is 10.2. The van der Waals surface area contributed by atoms with Crippen LogP contribution in [-0.4, -0.2) is 38.1 Å². The minimum absolute atomic E-state index is 0.340. The fraction of sp³-hybridized carbons (Fsp3) is 0.462. The Morgan fingerprint density at radius 2 is 2.18 bits per heavy atom. The van der Waals surface area contributed by atoms with Gasteiger partial charge in [0.2, 0.25) is 0 Å². The number of benzene rings is 1. The average molecular weight is 233 g/mol. The van der Waals surface area contributed by atoms with Crippen LogP contribution in [0.3, 0.4) is 0 Å². The minimum atomic E-state index is -0.340.